The van der Waals surface area contributed by atoms with Crippen LogP contribution in [-0.4, -0.2) is 39.0 Å². The predicted molar refractivity (Wildman–Crippen MR) is 395 cm³/mol. The number of hydrogen-bond donors (Lipinski definition) is 0. The maximum absolute atomic E-state index is 10.0. The molecule has 0 unspecified atom stereocenters. The van der Waals surface area contributed by atoms with Crippen molar-refractivity contribution in [3.8, 4) is 148 Å². The third-order valence-electron chi connectivity index (χ3n) is 18.2. The predicted octanol–water partition coefficient (Wildman–Crippen LogP) is 20.4. The molecule has 4 aromatic heterocycles. The lowest BCUT2D eigenvalue weighted by Gasteiger charge is -2.16. The summed E-state index contributed by atoms with van der Waals surface area (Å²) in [5, 5.41) is 44.1. The van der Waals surface area contributed by atoms with Gasteiger partial charge in [0.1, 0.15) is 0 Å². The highest BCUT2D eigenvalue weighted by Gasteiger charge is 2.23. The van der Waals surface area contributed by atoms with Gasteiger partial charge in [0.25, 0.3) is 0 Å². The van der Waals surface area contributed by atoms with Gasteiger partial charge in [-0.05, 0) is 160 Å². The lowest BCUT2D eigenvalue weighted by Crippen LogP contribution is -2.02. The molecule has 0 radical (unpaired) electrons. The van der Waals surface area contributed by atoms with Crippen LogP contribution in [-0.2, 0) is 0 Å². The van der Waals surface area contributed by atoms with Gasteiger partial charge in [-0.15, -0.1) is 0 Å². The van der Waals surface area contributed by atoms with Crippen LogP contribution in [0.3, 0.4) is 0 Å². The van der Waals surface area contributed by atoms with E-state index in [-0.39, 0.29) is 0 Å². The van der Waals surface area contributed by atoms with Gasteiger partial charge < -0.3 is 9.13 Å². The van der Waals surface area contributed by atoms with Crippen molar-refractivity contribution in [1.82, 2.24) is 39.0 Å². The van der Waals surface area contributed by atoms with Crippen molar-refractivity contribution in [3.05, 3.63) is 326 Å². The number of fused-ring (bicyclic) bond motifs is 6. The van der Waals surface area contributed by atoms with Crippen LogP contribution in [0.15, 0.2) is 303 Å². The van der Waals surface area contributed by atoms with E-state index in [2.05, 4.69) is 167 Å². The zero-order valence-corrected chi connectivity index (χ0v) is 53.2. The Kier molecular flexibility index (Phi) is 14.8. The summed E-state index contributed by atoms with van der Waals surface area (Å²) < 4.78 is 4.57. The normalized spacial score (nSPS) is 11.2. The molecule has 0 N–H and O–H groups in total. The van der Waals surface area contributed by atoms with Crippen LogP contribution in [0, 0.1) is 45.3 Å². The highest BCUT2D eigenvalue weighted by molar-refractivity contribution is 6.12. The van der Waals surface area contributed by atoms with Gasteiger partial charge in [-0.2, -0.15) is 21.0 Å². The first kappa shape index (κ1) is 59.2. The first-order chi connectivity index (χ1) is 49.3. The molecule has 100 heavy (non-hydrogen) atoms. The van der Waals surface area contributed by atoms with Gasteiger partial charge in [-0.1, -0.05) is 188 Å². The minimum atomic E-state index is 0.413. The first-order valence-electron chi connectivity index (χ1n) is 32.4. The van der Waals surface area contributed by atoms with Crippen molar-refractivity contribution in [2.45, 2.75) is 0 Å². The molecule has 4 heterocycles. The Bertz CT molecular complexity index is 5770. The monoisotopic (exact) mass is 1270 g/mol. The quantitative estimate of drug-likeness (QED) is 0.114. The van der Waals surface area contributed by atoms with Crippen LogP contribution < -0.4 is 0 Å². The second-order valence-electron chi connectivity index (χ2n) is 24.4. The molecule has 0 amide bonds. The fourth-order valence-corrected chi connectivity index (χ4v) is 13.5. The number of rotatable bonds is 12. The molecule has 0 fully saturated rings. The summed E-state index contributed by atoms with van der Waals surface area (Å²) in [6, 6.07) is 110. The largest absolute Gasteiger partial charge is 0.309 e. The summed E-state index contributed by atoms with van der Waals surface area (Å²) in [7, 11) is 0. The molecule has 0 aliphatic heterocycles. The zero-order chi connectivity index (χ0) is 67.2. The topological polar surface area (TPSA) is 182 Å². The standard InChI is InChI=1S/C88H50N12/c89-51-55-36-56(52-90)39-67(38-55)65-32-34-81-77(49-65)75-28-13-15-30-79(75)99(81)73-45-69(43-71(47-73)87-95-83(59-18-5-1-6-19-59)93-84(96-87)60-20-7-2-8-21-60)63-26-17-27-64(42-63)70-44-72(88-97-85(61-22-9-3-10-23-61)94-86(98-88)62-24-11-4-12-25-62)48-74(46-70)100-80-31-16-14-29-76(80)78-50-66(33-35-82(78)100)68-40-57(53-91)37-58(41-68)54-92/h1-50H. The molecule has 0 aliphatic rings. The van der Waals surface area contributed by atoms with E-state index in [9.17, 15) is 21.0 Å². The number of benzene rings is 13. The third kappa shape index (κ3) is 11.0. The second kappa shape index (κ2) is 25.0. The molecule has 0 aliphatic carbocycles. The number of hydrogen-bond acceptors (Lipinski definition) is 10. The van der Waals surface area contributed by atoms with Crippen LogP contribution in [0.5, 0.6) is 0 Å². The maximum atomic E-state index is 10.0. The average molecular weight is 1280 g/mol. The van der Waals surface area contributed by atoms with Gasteiger partial charge in [-0.3, -0.25) is 0 Å². The lowest BCUT2D eigenvalue weighted by molar-refractivity contribution is 1.07. The summed E-state index contributed by atoms with van der Waals surface area (Å²) in [6.45, 7) is 0. The van der Waals surface area contributed by atoms with E-state index in [1.54, 1.807) is 12.1 Å². The third-order valence-corrected chi connectivity index (χ3v) is 18.2. The zero-order valence-electron chi connectivity index (χ0n) is 53.2. The van der Waals surface area contributed by atoms with E-state index in [0.717, 1.165) is 133 Å². The van der Waals surface area contributed by atoms with Crippen molar-refractivity contribution in [2.75, 3.05) is 0 Å². The van der Waals surface area contributed by atoms with Gasteiger partial charge in [0, 0.05) is 66.3 Å². The molecule has 17 rings (SSSR count). The maximum Gasteiger partial charge on any atom is 0.164 e. The van der Waals surface area contributed by atoms with Crippen molar-refractivity contribution < 1.29 is 0 Å². The first-order valence-corrected chi connectivity index (χ1v) is 32.4. The van der Waals surface area contributed by atoms with Crippen molar-refractivity contribution in [2.24, 2.45) is 0 Å². The molecule has 462 valence electrons. The Labute approximate surface area is 574 Å². The minimum Gasteiger partial charge on any atom is -0.309 e. The van der Waals surface area contributed by atoms with Crippen LogP contribution in [0.4, 0.5) is 0 Å². The highest BCUT2D eigenvalue weighted by atomic mass is 15.1. The summed E-state index contributed by atoms with van der Waals surface area (Å²) in [5.74, 6) is 3.11. The van der Waals surface area contributed by atoms with Gasteiger partial charge in [0.15, 0.2) is 34.9 Å². The van der Waals surface area contributed by atoms with Crippen LogP contribution in [0.25, 0.3) is 168 Å². The van der Waals surface area contributed by atoms with Gasteiger partial charge >= 0.3 is 0 Å². The van der Waals surface area contributed by atoms with E-state index < -0.39 is 0 Å². The molecule has 13 aromatic carbocycles. The van der Waals surface area contributed by atoms with E-state index in [0.29, 0.717) is 57.2 Å². The van der Waals surface area contributed by atoms with Crippen LogP contribution >= 0.6 is 0 Å². The Balaban J connectivity index is 0.892. The van der Waals surface area contributed by atoms with Gasteiger partial charge in [0.2, 0.25) is 0 Å². The smallest absolute Gasteiger partial charge is 0.164 e. The minimum absolute atomic E-state index is 0.413. The van der Waals surface area contributed by atoms with Crippen molar-refractivity contribution in [1.29, 1.82) is 21.0 Å². The molecule has 12 heteroatoms. The summed E-state index contributed by atoms with van der Waals surface area (Å²) in [5.41, 5.74) is 19.0. The van der Waals surface area contributed by atoms with Gasteiger partial charge in [0.05, 0.1) is 68.6 Å². The van der Waals surface area contributed by atoms with E-state index in [4.69, 9.17) is 29.9 Å². The fourth-order valence-electron chi connectivity index (χ4n) is 13.5. The SMILES string of the molecule is N#Cc1cc(C#N)cc(-c2ccc3c(c2)c2ccccc2n3-c2cc(-c3cccc(-c4cc(-c5nc(-c6ccccc6)nc(-c6ccccc6)n5)cc(-n5c6ccccc6c6cc(-c7cc(C#N)cc(C#N)c7)ccc65)c4)c3)cc(-c3nc(-c4ccccc4)nc(-c4ccccc4)n3)c2)c1. The Hall–Kier alpha value is -14.6. The molecular formula is C88H50N12. The van der Waals surface area contributed by atoms with Gasteiger partial charge in [-0.25, -0.2) is 29.9 Å². The van der Waals surface area contributed by atoms with E-state index in [1.165, 1.54) is 0 Å². The molecular weight excluding hydrogens is 1230 g/mol. The Morgan fingerprint density at radius 2 is 0.450 bits per heavy atom. The van der Waals surface area contributed by atoms with Crippen LogP contribution in [0.1, 0.15) is 22.3 Å². The molecule has 0 spiro atoms. The lowest BCUT2D eigenvalue weighted by atomic mass is 9.95. The summed E-state index contributed by atoms with van der Waals surface area (Å²) in [4.78, 5) is 31.4. The summed E-state index contributed by atoms with van der Waals surface area (Å²) in [6.07, 6.45) is 0. The highest BCUT2D eigenvalue weighted by Crippen LogP contribution is 2.42. The second-order valence-corrected chi connectivity index (χ2v) is 24.4. The molecule has 12 nitrogen and oxygen atoms in total. The van der Waals surface area contributed by atoms with Crippen molar-refractivity contribution in [3.63, 3.8) is 0 Å². The molecule has 17 aromatic rings. The number of para-hydroxylation sites is 2. The molecule has 0 bridgehead atoms. The summed E-state index contributed by atoms with van der Waals surface area (Å²) >= 11 is 0. The van der Waals surface area contributed by atoms with Crippen molar-refractivity contribution >= 4 is 43.6 Å². The number of nitrogens with zero attached hydrogens (tertiary/aromatic N) is 12. The Morgan fingerprint density at radius 3 is 0.790 bits per heavy atom. The number of nitriles is 4. The fraction of sp³-hybridized carbons (Fsp3) is 0. The van der Waals surface area contributed by atoms with E-state index in [1.807, 2.05) is 158 Å². The molecule has 0 atom stereocenters. The molecule has 0 saturated heterocycles. The van der Waals surface area contributed by atoms with E-state index >= 15 is 0 Å². The Morgan fingerprint density at radius 1 is 0.190 bits per heavy atom. The number of aromatic nitrogens is 8. The average Bonchev–Trinajstić information content (AvgIpc) is 1.58. The van der Waals surface area contributed by atoms with Crippen LogP contribution in [0.2, 0.25) is 0 Å². The molecule has 0 saturated carbocycles.